The lowest BCUT2D eigenvalue weighted by Crippen LogP contribution is -2.23. The van der Waals surface area contributed by atoms with E-state index in [0.29, 0.717) is 11.6 Å². The molecular weight excluding hydrogens is 473 g/mol. The van der Waals surface area contributed by atoms with Crippen LogP contribution in [-0.4, -0.2) is 36.6 Å². The number of nitrogens with one attached hydrogen (secondary N) is 1. The van der Waals surface area contributed by atoms with E-state index >= 15 is 0 Å². The van der Waals surface area contributed by atoms with Crippen LogP contribution >= 0.6 is 0 Å². The highest BCUT2D eigenvalue weighted by atomic mass is 32.2. The average Bonchev–Trinajstić information content (AvgIpc) is 2.77. The van der Waals surface area contributed by atoms with Crippen LogP contribution in [0.5, 0.6) is 0 Å². The molecule has 1 aliphatic heterocycles. The summed E-state index contributed by atoms with van der Waals surface area (Å²) in [4.78, 5) is -0.323. The van der Waals surface area contributed by atoms with Crippen molar-refractivity contribution in [2.45, 2.75) is 22.6 Å². The summed E-state index contributed by atoms with van der Waals surface area (Å²) in [5, 5.41) is 30.5. The quantitative estimate of drug-likeness (QED) is 0.554. The van der Waals surface area contributed by atoms with Crippen LogP contribution in [0.2, 0.25) is 0 Å². The van der Waals surface area contributed by atoms with Crippen molar-refractivity contribution in [1.82, 2.24) is 0 Å². The molecule has 0 spiro atoms. The molecule has 3 rings (SSSR count). The Morgan fingerprint density at radius 2 is 1.45 bits per heavy atom. The standard InChI is InChI=1S/C13H17N3O3S.C7H5FN2O2S/c14-8-11-7-12(20(15,17)18)1-2-13(11)16-9-10-3-5-19-6-4-10;8-7-2-1-6(13(10,11)12)3-5(7)4-9/h1-2,7,10,16H,3-6,9H2,(H2,15,17,18);1-3H,(H2,10,11,12). The first-order chi connectivity index (χ1) is 15.5. The first-order valence-corrected chi connectivity index (χ1v) is 12.7. The molecule has 1 saturated heterocycles. The first kappa shape index (κ1) is 26.2. The zero-order chi connectivity index (χ0) is 24.6. The summed E-state index contributed by atoms with van der Waals surface area (Å²) >= 11 is 0. The van der Waals surface area contributed by atoms with Crippen LogP contribution in [0.15, 0.2) is 46.2 Å². The molecule has 0 atom stereocenters. The van der Waals surface area contributed by atoms with E-state index in [9.17, 15) is 21.2 Å². The van der Waals surface area contributed by atoms with E-state index in [0.717, 1.165) is 50.8 Å². The second-order valence-corrected chi connectivity index (χ2v) is 10.2. The van der Waals surface area contributed by atoms with E-state index in [2.05, 4.69) is 5.32 Å². The Kier molecular flexibility index (Phi) is 8.87. The fraction of sp³-hybridized carbons (Fsp3) is 0.300. The molecule has 10 nitrogen and oxygen atoms in total. The predicted octanol–water partition coefficient (Wildman–Crippen LogP) is 1.39. The summed E-state index contributed by atoms with van der Waals surface area (Å²) in [5.41, 5.74) is 0.571. The largest absolute Gasteiger partial charge is 0.384 e. The third kappa shape index (κ3) is 7.78. The van der Waals surface area contributed by atoms with E-state index < -0.39 is 25.9 Å². The van der Waals surface area contributed by atoms with E-state index in [4.69, 9.17) is 25.5 Å². The molecule has 13 heteroatoms. The molecule has 1 aliphatic rings. The predicted molar refractivity (Wildman–Crippen MR) is 117 cm³/mol. The van der Waals surface area contributed by atoms with Crippen LogP contribution in [0.1, 0.15) is 24.0 Å². The van der Waals surface area contributed by atoms with Crippen molar-refractivity contribution < 1.29 is 26.0 Å². The Morgan fingerprint density at radius 1 is 0.939 bits per heavy atom. The zero-order valence-corrected chi connectivity index (χ0v) is 19.0. The molecule has 33 heavy (non-hydrogen) atoms. The number of hydrogen-bond acceptors (Lipinski definition) is 8. The monoisotopic (exact) mass is 495 g/mol. The van der Waals surface area contributed by atoms with Gasteiger partial charge in [-0.1, -0.05) is 0 Å². The average molecular weight is 496 g/mol. The lowest BCUT2D eigenvalue weighted by atomic mass is 10.0. The second-order valence-electron chi connectivity index (χ2n) is 7.10. The van der Waals surface area contributed by atoms with E-state index in [-0.39, 0.29) is 20.9 Å². The van der Waals surface area contributed by atoms with Crippen molar-refractivity contribution in [2.75, 3.05) is 25.1 Å². The Labute approximate surface area is 191 Å². The summed E-state index contributed by atoms with van der Waals surface area (Å²) in [6.45, 7) is 2.27. The summed E-state index contributed by atoms with van der Waals surface area (Å²) in [6, 6.07) is 10.6. The highest BCUT2D eigenvalue weighted by Gasteiger charge is 2.15. The van der Waals surface area contributed by atoms with E-state index in [1.807, 2.05) is 6.07 Å². The first-order valence-electron chi connectivity index (χ1n) is 9.56. The SMILES string of the molecule is N#Cc1cc(S(N)(=O)=O)ccc1F.N#Cc1cc(S(N)(=O)=O)ccc1NCC1CCOCC1. The number of primary sulfonamides is 2. The van der Waals surface area contributed by atoms with Crippen molar-refractivity contribution in [1.29, 1.82) is 10.5 Å². The van der Waals surface area contributed by atoms with Gasteiger partial charge in [-0.25, -0.2) is 31.5 Å². The molecule has 0 aromatic heterocycles. The lowest BCUT2D eigenvalue weighted by Gasteiger charge is -2.23. The molecule has 0 bridgehead atoms. The molecule has 0 unspecified atom stereocenters. The number of benzene rings is 2. The number of anilines is 1. The highest BCUT2D eigenvalue weighted by molar-refractivity contribution is 7.89. The van der Waals surface area contributed by atoms with Crippen LogP contribution in [0.4, 0.5) is 10.1 Å². The molecule has 0 aliphatic carbocycles. The number of halogens is 1. The van der Waals surface area contributed by atoms with E-state index in [1.54, 1.807) is 6.07 Å². The number of nitrogens with zero attached hydrogens (tertiary/aromatic N) is 2. The molecule has 1 fully saturated rings. The van der Waals surface area contributed by atoms with Gasteiger partial charge in [0.25, 0.3) is 0 Å². The number of rotatable bonds is 5. The number of sulfonamides is 2. The minimum Gasteiger partial charge on any atom is -0.384 e. The van der Waals surface area contributed by atoms with Gasteiger partial charge < -0.3 is 10.1 Å². The maximum absolute atomic E-state index is 12.7. The molecule has 2 aromatic carbocycles. The van der Waals surface area contributed by atoms with Crippen molar-refractivity contribution in [2.24, 2.45) is 16.2 Å². The van der Waals surface area contributed by atoms with Crippen LogP contribution in [0.3, 0.4) is 0 Å². The van der Waals surface area contributed by atoms with Gasteiger partial charge in [-0.05, 0) is 55.2 Å². The van der Waals surface area contributed by atoms with Crippen molar-refractivity contribution in [3.05, 3.63) is 53.3 Å². The zero-order valence-electron chi connectivity index (χ0n) is 17.4. The maximum atomic E-state index is 12.7. The van der Waals surface area contributed by atoms with Gasteiger partial charge in [0.2, 0.25) is 20.0 Å². The molecule has 0 radical (unpaired) electrons. The Hall–Kier alpha value is -3.07. The summed E-state index contributed by atoms with van der Waals surface area (Å²) in [5.74, 6) is -0.261. The summed E-state index contributed by atoms with van der Waals surface area (Å²) in [6.07, 6.45) is 1.98. The molecule has 1 heterocycles. The Morgan fingerprint density at radius 3 is 1.97 bits per heavy atom. The maximum Gasteiger partial charge on any atom is 0.238 e. The topological polar surface area (TPSA) is 189 Å². The lowest BCUT2D eigenvalue weighted by molar-refractivity contribution is 0.0699. The van der Waals surface area contributed by atoms with Gasteiger partial charge >= 0.3 is 0 Å². The minimum absolute atomic E-state index is 0.0503. The fourth-order valence-corrected chi connectivity index (χ4v) is 4.00. The van der Waals surface area contributed by atoms with Crippen molar-refractivity contribution >= 4 is 25.7 Å². The van der Waals surface area contributed by atoms with Gasteiger partial charge in [0, 0.05) is 19.8 Å². The Bertz CT molecular complexity index is 1300. The van der Waals surface area contributed by atoms with Crippen molar-refractivity contribution in [3.63, 3.8) is 0 Å². The van der Waals surface area contributed by atoms with Gasteiger partial charge in [-0.3, -0.25) is 0 Å². The van der Waals surface area contributed by atoms with Crippen LogP contribution in [0.25, 0.3) is 0 Å². The van der Waals surface area contributed by atoms with Gasteiger partial charge in [0.05, 0.1) is 26.6 Å². The van der Waals surface area contributed by atoms with E-state index in [1.165, 1.54) is 18.2 Å². The van der Waals surface area contributed by atoms with Crippen LogP contribution < -0.4 is 15.6 Å². The smallest absolute Gasteiger partial charge is 0.238 e. The third-order valence-electron chi connectivity index (χ3n) is 4.75. The van der Waals surface area contributed by atoms with Gasteiger partial charge in [-0.15, -0.1) is 0 Å². The fourth-order valence-electron chi connectivity index (χ4n) is 2.92. The summed E-state index contributed by atoms with van der Waals surface area (Å²) in [7, 11) is -7.65. The van der Waals surface area contributed by atoms with Crippen LogP contribution in [0, 0.1) is 34.4 Å². The van der Waals surface area contributed by atoms with Crippen molar-refractivity contribution in [3.8, 4) is 12.1 Å². The number of ether oxygens (including phenoxy) is 1. The second kappa shape index (κ2) is 11.2. The molecule has 176 valence electrons. The molecule has 5 N–H and O–H groups in total. The highest BCUT2D eigenvalue weighted by Crippen LogP contribution is 2.21. The molecule has 2 aromatic rings. The molecule has 0 saturated carbocycles. The van der Waals surface area contributed by atoms with Crippen LogP contribution in [-0.2, 0) is 24.8 Å². The van der Waals surface area contributed by atoms with Gasteiger partial charge in [0.1, 0.15) is 18.0 Å². The normalized spacial score (nSPS) is 14.3. The van der Waals surface area contributed by atoms with Gasteiger partial charge in [0.15, 0.2) is 0 Å². The molecule has 0 amide bonds. The molecular formula is C20H22FN5O5S2. The third-order valence-corrected chi connectivity index (χ3v) is 6.57. The van der Waals surface area contributed by atoms with Gasteiger partial charge in [-0.2, -0.15) is 10.5 Å². The number of hydrogen-bond donors (Lipinski definition) is 3. The minimum atomic E-state index is -3.87. The number of nitrogens with two attached hydrogens (primary N) is 2. The summed E-state index contributed by atoms with van der Waals surface area (Å²) < 4.78 is 62.0. The Balaban J connectivity index is 0.000000257. The number of nitriles is 2.